The maximum absolute atomic E-state index is 13.2. The fourth-order valence-corrected chi connectivity index (χ4v) is 5.32. The van der Waals surface area contributed by atoms with Crippen molar-refractivity contribution in [3.8, 4) is 0 Å². The van der Waals surface area contributed by atoms with Gasteiger partial charge in [0.15, 0.2) is 0 Å². The second kappa shape index (κ2) is 10.7. The summed E-state index contributed by atoms with van der Waals surface area (Å²) in [5, 5.41) is 0. The number of aryl methyl sites for hydroxylation is 1. The summed E-state index contributed by atoms with van der Waals surface area (Å²) in [7, 11) is -4.83. The minimum Gasteiger partial charge on any atom is -0.381 e. The summed E-state index contributed by atoms with van der Waals surface area (Å²) >= 11 is 0. The zero-order chi connectivity index (χ0) is 22.4. The third kappa shape index (κ3) is 7.65. The van der Waals surface area contributed by atoms with Crippen LogP contribution in [0.15, 0.2) is 59.5 Å². The Balaban J connectivity index is 2.27. The lowest BCUT2D eigenvalue weighted by atomic mass is 9.85. The van der Waals surface area contributed by atoms with Crippen LogP contribution in [-0.2, 0) is 14.8 Å². The molecule has 4 nitrogen and oxygen atoms in total. The first kappa shape index (κ1) is 24.8. The van der Waals surface area contributed by atoms with Crippen molar-refractivity contribution in [3.05, 3.63) is 65.7 Å². The fourth-order valence-electron chi connectivity index (χ4n) is 3.29. The van der Waals surface area contributed by atoms with Crippen LogP contribution in [0.5, 0.6) is 0 Å². The molecule has 1 N–H and O–H groups in total. The molecule has 2 aromatic rings. The highest BCUT2D eigenvalue weighted by atomic mass is 32.2. The molecule has 0 aliphatic carbocycles. The van der Waals surface area contributed by atoms with Crippen LogP contribution in [0, 0.1) is 18.8 Å². The van der Waals surface area contributed by atoms with E-state index in [-0.39, 0.29) is 22.8 Å². The highest BCUT2D eigenvalue weighted by molar-refractivity contribution is 7.89. The van der Waals surface area contributed by atoms with E-state index >= 15 is 0 Å². The van der Waals surface area contributed by atoms with Gasteiger partial charge in [-0.25, -0.2) is 13.1 Å². The van der Waals surface area contributed by atoms with Crippen molar-refractivity contribution < 1.29 is 13.2 Å². The first-order chi connectivity index (χ1) is 14.0. The average molecular weight is 448 g/mol. The van der Waals surface area contributed by atoms with Gasteiger partial charge >= 0.3 is 0 Å². The maximum Gasteiger partial charge on any atom is 0.241 e. The molecular weight excluding hydrogens is 410 g/mol. The highest BCUT2D eigenvalue weighted by Gasteiger charge is 2.31. The topological polar surface area (TPSA) is 55.4 Å². The van der Waals surface area contributed by atoms with Crippen LogP contribution < -0.4 is 4.72 Å². The Hall–Kier alpha value is -1.47. The zero-order valence-corrected chi connectivity index (χ0v) is 21.0. The van der Waals surface area contributed by atoms with Gasteiger partial charge in [-0.2, -0.15) is 0 Å². The molecule has 0 fully saturated rings. The van der Waals surface area contributed by atoms with Crippen molar-refractivity contribution in [2.24, 2.45) is 11.8 Å². The molecule has 0 unspecified atom stereocenters. The maximum atomic E-state index is 13.2. The van der Waals surface area contributed by atoms with Crippen molar-refractivity contribution in [1.82, 2.24) is 4.72 Å². The first-order valence-corrected chi connectivity index (χ1v) is 15.9. The van der Waals surface area contributed by atoms with E-state index in [1.165, 1.54) is 0 Å². The summed E-state index contributed by atoms with van der Waals surface area (Å²) in [6.07, 6.45) is 0. The molecule has 166 valence electrons. The van der Waals surface area contributed by atoms with Crippen molar-refractivity contribution in [1.29, 1.82) is 0 Å². The van der Waals surface area contributed by atoms with E-state index in [2.05, 4.69) is 38.2 Å². The van der Waals surface area contributed by atoms with Gasteiger partial charge in [-0.3, -0.25) is 0 Å². The second-order valence-electron chi connectivity index (χ2n) is 9.62. The van der Waals surface area contributed by atoms with Gasteiger partial charge in [0.25, 0.3) is 0 Å². The summed E-state index contributed by atoms with van der Waals surface area (Å²) in [6.45, 7) is 14.5. The SMILES string of the molecule is Cc1ccc(S(=O)(=O)N[C@H](c2ccccc2)[C@H](COCC[Si](C)(C)C)C(C)C)cc1. The normalized spacial score (nSPS) is 14.6. The molecule has 0 aliphatic heterocycles. The van der Waals surface area contributed by atoms with Gasteiger partial charge in [0.1, 0.15) is 0 Å². The van der Waals surface area contributed by atoms with Crippen LogP contribution in [0.3, 0.4) is 0 Å². The predicted molar refractivity (Wildman–Crippen MR) is 128 cm³/mol. The monoisotopic (exact) mass is 447 g/mol. The van der Waals surface area contributed by atoms with Crippen molar-refractivity contribution in [2.75, 3.05) is 13.2 Å². The molecule has 2 rings (SSSR count). The Kier molecular flexibility index (Phi) is 8.85. The molecule has 0 heterocycles. The van der Waals surface area contributed by atoms with E-state index < -0.39 is 18.1 Å². The van der Waals surface area contributed by atoms with E-state index in [0.717, 1.165) is 23.8 Å². The molecular formula is C24H37NO3SSi. The first-order valence-electron chi connectivity index (χ1n) is 10.7. The number of hydrogen-bond acceptors (Lipinski definition) is 3. The lowest BCUT2D eigenvalue weighted by molar-refractivity contribution is 0.0771. The summed E-state index contributed by atoms with van der Waals surface area (Å²) in [6, 6.07) is 17.5. The van der Waals surface area contributed by atoms with Crippen LogP contribution in [-0.4, -0.2) is 29.7 Å². The number of rotatable bonds is 11. The summed E-state index contributed by atoms with van der Waals surface area (Å²) in [5.74, 6) is 0.275. The highest BCUT2D eigenvalue weighted by Crippen LogP contribution is 2.30. The van der Waals surface area contributed by atoms with Crippen LogP contribution in [0.25, 0.3) is 0 Å². The lowest BCUT2D eigenvalue weighted by Gasteiger charge is -2.31. The lowest BCUT2D eigenvalue weighted by Crippen LogP contribution is -2.38. The quantitative estimate of drug-likeness (QED) is 0.358. The molecule has 0 amide bonds. The average Bonchev–Trinajstić information content (AvgIpc) is 2.66. The van der Waals surface area contributed by atoms with Crippen molar-refractivity contribution in [2.45, 2.75) is 57.4 Å². The second-order valence-corrected chi connectivity index (χ2v) is 17.0. The molecule has 0 saturated heterocycles. The molecule has 0 aliphatic rings. The summed E-state index contributed by atoms with van der Waals surface area (Å²) in [5.41, 5.74) is 1.99. The van der Waals surface area contributed by atoms with E-state index in [0.29, 0.717) is 6.61 Å². The fraction of sp³-hybridized carbons (Fsp3) is 0.500. The van der Waals surface area contributed by atoms with Crippen molar-refractivity contribution in [3.63, 3.8) is 0 Å². The van der Waals surface area contributed by atoms with Gasteiger partial charge in [-0.15, -0.1) is 0 Å². The van der Waals surface area contributed by atoms with Gasteiger partial charge in [0.05, 0.1) is 17.5 Å². The summed E-state index contributed by atoms with van der Waals surface area (Å²) < 4.78 is 35.4. The number of benzene rings is 2. The smallest absolute Gasteiger partial charge is 0.241 e. The zero-order valence-electron chi connectivity index (χ0n) is 19.2. The Bertz CT molecular complexity index is 875. The van der Waals surface area contributed by atoms with Crippen LogP contribution in [0.2, 0.25) is 25.7 Å². The molecule has 0 bridgehead atoms. The van der Waals surface area contributed by atoms with E-state index in [4.69, 9.17) is 4.74 Å². The number of nitrogens with one attached hydrogen (secondary N) is 1. The molecule has 2 aromatic carbocycles. The van der Waals surface area contributed by atoms with Crippen molar-refractivity contribution >= 4 is 18.1 Å². The number of hydrogen-bond donors (Lipinski definition) is 1. The molecule has 0 spiro atoms. The van der Waals surface area contributed by atoms with Gasteiger partial charge in [-0.05, 0) is 36.6 Å². The van der Waals surface area contributed by atoms with Gasteiger partial charge in [0, 0.05) is 20.6 Å². The standard InChI is InChI=1S/C24H37NO3SSi/c1-19(2)23(18-28-16-17-30(4,5)6)24(21-10-8-7-9-11-21)25-29(26,27)22-14-12-20(3)13-15-22/h7-15,19,23-25H,16-18H2,1-6H3/t23-,24-/m1/s1. The molecule has 2 atom stereocenters. The minimum absolute atomic E-state index is 0.0225. The molecule has 0 aromatic heterocycles. The van der Waals surface area contributed by atoms with Crippen LogP contribution in [0.4, 0.5) is 0 Å². The largest absolute Gasteiger partial charge is 0.381 e. The van der Waals surface area contributed by atoms with E-state index in [1.54, 1.807) is 12.1 Å². The van der Waals surface area contributed by atoms with Crippen LogP contribution >= 0.6 is 0 Å². The summed E-state index contributed by atoms with van der Waals surface area (Å²) in [4.78, 5) is 0.288. The Morgan fingerprint density at radius 2 is 1.57 bits per heavy atom. The number of ether oxygens (including phenoxy) is 1. The molecule has 0 radical (unpaired) electrons. The third-order valence-electron chi connectivity index (χ3n) is 5.36. The predicted octanol–water partition coefficient (Wildman–Crippen LogP) is 5.64. The molecule has 30 heavy (non-hydrogen) atoms. The van der Waals surface area contributed by atoms with Crippen LogP contribution in [0.1, 0.15) is 31.0 Å². The number of sulfonamides is 1. The van der Waals surface area contributed by atoms with Gasteiger partial charge in [0.2, 0.25) is 10.0 Å². The van der Waals surface area contributed by atoms with Gasteiger partial charge < -0.3 is 4.74 Å². The van der Waals surface area contributed by atoms with E-state index in [9.17, 15) is 8.42 Å². The molecule has 0 saturated carbocycles. The molecule has 6 heteroatoms. The third-order valence-corrected chi connectivity index (χ3v) is 8.52. The van der Waals surface area contributed by atoms with E-state index in [1.807, 2.05) is 49.4 Å². The minimum atomic E-state index is -3.66. The Morgan fingerprint density at radius 1 is 0.967 bits per heavy atom. The Morgan fingerprint density at radius 3 is 2.10 bits per heavy atom. The van der Waals surface area contributed by atoms with Gasteiger partial charge in [-0.1, -0.05) is 81.5 Å². The Labute approximate surface area is 184 Å².